The van der Waals surface area contributed by atoms with E-state index in [-0.39, 0.29) is 11.9 Å². The molecule has 2 heterocycles. The van der Waals surface area contributed by atoms with Crippen LogP contribution in [0.2, 0.25) is 0 Å². The highest BCUT2D eigenvalue weighted by atomic mass is 16.3. The van der Waals surface area contributed by atoms with E-state index in [9.17, 15) is 9.90 Å². The number of piperidine rings is 1. The fourth-order valence-corrected chi connectivity index (χ4v) is 2.85. The first-order valence-corrected chi connectivity index (χ1v) is 7.99. The van der Waals surface area contributed by atoms with Crippen molar-refractivity contribution in [3.8, 4) is 0 Å². The van der Waals surface area contributed by atoms with Crippen LogP contribution < -0.4 is 4.90 Å². The fraction of sp³-hybridized carbons (Fsp3) is 0.316. The lowest BCUT2D eigenvalue weighted by molar-refractivity contribution is 0.104. The number of nitrogens with zero attached hydrogens (tertiary/aromatic N) is 2. The molecule has 0 atom stereocenters. The summed E-state index contributed by atoms with van der Waals surface area (Å²) < 4.78 is 1.95. The molecule has 0 aliphatic carbocycles. The number of hydrogen-bond donors (Lipinski definition) is 1. The van der Waals surface area contributed by atoms with Crippen LogP contribution in [0, 0.1) is 0 Å². The van der Waals surface area contributed by atoms with E-state index in [2.05, 4.69) is 4.90 Å². The zero-order valence-electron chi connectivity index (χ0n) is 13.4. The number of aryl methyl sites for hydroxylation is 1. The number of aliphatic hydroxyl groups is 1. The maximum atomic E-state index is 12.2. The minimum absolute atomic E-state index is 0.00877. The zero-order chi connectivity index (χ0) is 16.2. The van der Waals surface area contributed by atoms with Crippen molar-refractivity contribution < 1.29 is 9.90 Å². The number of anilines is 1. The molecule has 3 rings (SSSR count). The lowest BCUT2D eigenvalue weighted by atomic mass is 10.1. The van der Waals surface area contributed by atoms with E-state index in [1.165, 1.54) is 0 Å². The molecule has 120 valence electrons. The van der Waals surface area contributed by atoms with Crippen molar-refractivity contribution in [2.45, 2.75) is 18.9 Å². The van der Waals surface area contributed by atoms with Crippen LogP contribution in [0.15, 0.2) is 48.8 Å². The minimum atomic E-state index is -0.171. The molecule has 0 amide bonds. The fourth-order valence-electron chi connectivity index (χ4n) is 2.85. The molecule has 1 aromatic carbocycles. The Morgan fingerprint density at radius 1 is 1.17 bits per heavy atom. The number of hydrogen-bond acceptors (Lipinski definition) is 3. The van der Waals surface area contributed by atoms with Crippen LogP contribution in [-0.4, -0.2) is 34.7 Å². The van der Waals surface area contributed by atoms with Gasteiger partial charge in [-0.2, -0.15) is 0 Å². The van der Waals surface area contributed by atoms with Crippen LogP contribution in [-0.2, 0) is 7.05 Å². The van der Waals surface area contributed by atoms with Crippen LogP contribution in [0.4, 0.5) is 5.69 Å². The molecule has 23 heavy (non-hydrogen) atoms. The summed E-state index contributed by atoms with van der Waals surface area (Å²) in [6.07, 6.45) is 8.81. The smallest absolute Gasteiger partial charge is 0.185 e. The lowest BCUT2D eigenvalue weighted by Gasteiger charge is -2.31. The number of carbonyl (C=O) groups is 1. The molecular weight excluding hydrogens is 288 g/mol. The molecule has 1 N–H and O–H groups in total. The van der Waals surface area contributed by atoms with E-state index < -0.39 is 0 Å². The zero-order valence-corrected chi connectivity index (χ0v) is 13.4. The summed E-state index contributed by atoms with van der Waals surface area (Å²) in [6, 6.07) is 9.69. The third-order valence-electron chi connectivity index (χ3n) is 4.26. The van der Waals surface area contributed by atoms with E-state index in [4.69, 9.17) is 0 Å². The van der Waals surface area contributed by atoms with E-state index >= 15 is 0 Å². The third-order valence-corrected chi connectivity index (χ3v) is 4.26. The molecule has 1 aliphatic heterocycles. The third kappa shape index (κ3) is 3.90. The van der Waals surface area contributed by atoms with Gasteiger partial charge in [-0.05, 0) is 60.9 Å². The van der Waals surface area contributed by atoms with Gasteiger partial charge in [-0.15, -0.1) is 0 Å². The van der Waals surface area contributed by atoms with E-state index in [1.807, 2.05) is 60.4 Å². The van der Waals surface area contributed by atoms with Gasteiger partial charge in [0.2, 0.25) is 0 Å². The average molecular weight is 310 g/mol. The Kier molecular flexibility index (Phi) is 4.63. The van der Waals surface area contributed by atoms with Gasteiger partial charge in [0, 0.05) is 43.8 Å². The number of aromatic nitrogens is 1. The number of aliphatic hydroxyl groups excluding tert-OH is 1. The topological polar surface area (TPSA) is 45.5 Å². The second kappa shape index (κ2) is 6.84. The average Bonchev–Trinajstić information content (AvgIpc) is 2.99. The number of benzene rings is 1. The Balaban J connectivity index is 1.64. The Bertz CT molecular complexity index is 692. The van der Waals surface area contributed by atoms with Crippen LogP contribution >= 0.6 is 0 Å². The summed E-state index contributed by atoms with van der Waals surface area (Å²) in [5, 5.41) is 9.56. The number of carbonyl (C=O) groups excluding carboxylic acids is 1. The largest absolute Gasteiger partial charge is 0.393 e. The standard InChI is InChI=1S/C19H22N2O2/c1-20-11-8-15(14-20)2-7-19(23)16-3-5-17(6-4-16)21-12-9-18(22)10-13-21/h2-8,11,14,18,22H,9-10,12-13H2,1H3/b7-2+. The molecule has 1 fully saturated rings. The first kappa shape index (κ1) is 15.6. The molecule has 1 aliphatic rings. The SMILES string of the molecule is Cn1ccc(/C=C/C(=O)c2ccc(N3CCC(O)CC3)cc2)c1. The molecule has 0 unspecified atom stereocenters. The van der Waals surface area contributed by atoms with Crippen LogP contribution in [0.1, 0.15) is 28.8 Å². The van der Waals surface area contributed by atoms with Gasteiger partial charge in [-0.3, -0.25) is 4.79 Å². The van der Waals surface area contributed by atoms with Gasteiger partial charge in [0.25, 0.3) is 0 Å². The summed E-state index contributed by atoms with van der Waals surface area (Å²) in [6.45, 7) is 1.73. The van der Waals surface area contributed by atoms with Gasteiger partial charge in [0.15, 0.2) is 5.78 Å². The highest BCUT2D eigenvalue weighted by Gasteiger charge is 2.17. The number of ketones is 1. The lowest BCUT2D eigenvalue weighted by Crippen LogP contribution is -2.35. The molecule has 0 bridgehead atoms. The summed E-state index contributed by atoms with van der Waals surface area (Å²) in [4.78, 5) is 14.5. The summed E-state index contributed by atoms with van der Waals surface area (Å²) in [5.74, 6) is 0.00877. The highest BCUT2D eigenvalue weighted by Crippen LogP contribution is 2.21. The van der Waals surface area contributed by atoms with Crippen molar-refractivity contribution in [1.82, 2.24) is 4.57 Å². The van der Waals surface area contributed by atoms with Crippen LogP contribution in [0.3, 0.4) is 0 Å². The van der Waals surface area contributed by atoms with Crippen molar-refractivity contribution in [3.63, 3.8) is 0 Å². The van der Waals surface area contributed by atoms with Gasteiger partial charge in [0.1, 0.15) is 0 Å². The van der Waals surface area contributed by atoms with Gasteiger partial charge < -0.3 is 14.6 Å². The van der Waals surface area contributed by atoms with Gasteiger partial charge >= 0.3 is 0 Å². The van der Waals surface area contributed by atoms with Gasteiger partial charge in [0.05, 0.1) is 6.10 Å². The maximum Gasteiger partial charge on any atom is 0.185 e. The van der Waals surface area contributed by atoms with E-state index in [1.54, 1.807) is 6.08 Å². The first-order chi connectivity index (χ1) is 11.1. The molecule has 1 aromatic heterocycles. The maximum absolute atomic E-state index is 12.2. The summed E-state index contributed by atoms with van der Waals surface area (Å²) >= 11 is 0. The van der Waals surface area contributed by atoms with Crippen molar-refractivity contribution >= 4 is 17.5 Å². The second-order valence-corrected chi connectivity index (χ2v) is 6.07. The molecule has 4 heteroatoms. The molecule has 1 saturated heterocycles. The van der Waals surface area contributed by atoms with Gasteiger partial charge in [-0.25, -0.2) is 0 Å². The predicted molar refractivity (Wildman–Crippen MR) is 92.7 cm³/mol. The molecule has 0 saturated carbocycles. The molecule has 2 aromatic rings. The minimum Gasteiger partial charge on any atom is -0.393 e. The highest BCUT2D eigenvalue weighted by molar-refractivity contribution is 6.06. The monoisotopic (exact) mass is 310 g/mol. The molecule has 0 radical (unpaired) electrons. The quantitative estimate of drug-likeness (QED) is 0.697. The van der Waals surface area contributed by atoms with Crippen molar-refractivity contribution in [3.05, 3.63) is 59.9 Å². The molecule has 4 nitrogen and oxygen atoms in total. The van der Waals surface area contributed by atoms with Gasteiger partial charge in [-0.1, -0.05) is 0 Å². The van der Waals surface area contributed by atoms with Crippen molar-refractivity contribution in [2.75, 3.05) is 18.0 Å². The molecule has 0 spiro atoms. The Hall–Kier alpha value is -2.33. The Morgan fingerprint density at radius 3 is 2.48 bits per heavy atom. The van der Waals surface area contributed by atoms with E-state index in [0.717, 1.165) is 37.2 Å². The predicted octanol–water partition coefficient (Wildman–Crippen LogP) is 2.88. The number of allylic oxidation sites excluding steroid dienone is 1. The van der Waals surface area contributed by atoms with Crippen LogP contribution in [0.25, 0.3) is 6.08 Å². The van der Waals surface area contributed by atoms with E-state index in [0.29, 0.717) is 5.56 Å². The summed E-state index contributed by atoms with van der Waals surface area (Å²) in [7, 11) is 1.96. The second-order valence-electron chi connectivity index (χ2n) is 6.07. The molecular formula is C19H22N2O2. The van der Waals surface area contributed by atoms with Crippen LogP contribution in [0.5, 0.6) is 0 Å². The Labute approximate surface area is 136 Å². The van der Waals surface area contributed by atoms with Crippen molar-refractivity contribution in [1.29, 1.82) is 0 Å². The number of rotatable bonds is 4. The normalized spacial score (nSPS) is 16.2. The van der Waals surface area contributed by atoms with Crippen molar-refractivity contribution in [2.24, 2.45) is 7.05 Å². The Morgan fingerprint density at radius 2 is 1.87 bits per heavy atom. The first-order valence-electron chi connectivity index (χ1n) is 7.99. The summed E-state index contributed by atoms with van der Waals surface area (Å²) in [5.41, 5.74) is 2.82.